The summed E-state index contributed by atoms with van der Waals surface area (Å²) in [6.45, 7) is 3.22. The van der Waals surface area contributed by atoms with Crippen LogP contribution in [-0.2, 0) is 4.74 Å². The van der Waals surface area contributed by atoms with E-state index in [-0.39, 0.29) is 6.61 Å². The summed E-state index contributed by atoms with van der Waals surface area (Å²) in [6, 6.07) is 0. The van der Waals surface area contributed by atoms with Crippen molar-refractivity contribution in [2.75, 3.05) is 6.61 Å². The van der Waals surface area contributed by atoms with E-state index in [0.717, 1.165) is 0 Å². The van der Waals surface area contributed by atoms with Gasteiger partial charge in [-0.05, 0) is 13.3 Å². The first-order chi connectivity index (χ1) is 5.56. The van der Waals surface area contributed by atoms with E-state index >= 15 is 0 Å². The van der Waals surface area contributed by atoms with Crippen molar-refractivity contribution < 1.29 is 20.1 Å². The van der Waals surface area contributed by atoms with E-state index in [0.29, 0.717) is 6.42 Å². The second-order valence-corrected chi connectivity index (χ2v) is 3.29. The molecule has 3 N–H and O–H groups in total. The summed E-state index contributed by atoms with van der Waals surface area (Å²) in [4.78, 5) is 0. The molecular formula is C8H16O4. The Morgan fingerprint density at radius 1 is 1.50 bits per heavy atom. The van der Waals surface area contributed by atoms with Crippen molar-refractivity contribution in [1.82, 2.24) is 0 Å². The molecule has 4 nitrogen and oxygen atoms in total. The molecule has 72 valence electrons. The maximum atomic E-state index is 9.85. The number of aliphatic hydroxyl groups is 3. The summed E-state index contributed by atoms with van der Waals surface area (Å²) in [5.41, 5.74) is -1.20. The molecule has 0 aromatic carbocycles. The maximum Gasteiger partial charge on any atom is 0.119 e. The minimum atomic E-state index is -1.20. The zero-order valence-corrected chi connectivity index (χ0v) is 7.40. The molecule has 0 aromatic heterocycles. The molecule has 1 aliphatic rings. The van der Waals surface area contributed by atoms with Gasteiger partial charge in [0.25, 0.3) is 0 Å². The Morgan fingerprint density at radius 2 is 2.08 bits per heavy atom. The molecule has 0 bridgehead atoms. The number of hydrogen-bond acceptors (Lipinski definition) is 4. The summed E-state index contributed by atoms with van der Waals surface area (Å²) >= 11 is 0. The largest absolute Gasteiger partial charge is 0.394 e. The van der Waals surface area contributed by atoms with Gasteiger partial charge in [-0.25, -0.2) is 0 Å². The number of aliphatic hydroxyl groups excluding tert-OH is 2. The Kier molecular flexibility index (Phi) is 2.73. The van der Waals surface area contributed by atoms with Gasteiger partial charge in [0.05, 0.1) is 12.7 Å². The Bertz CT molecular complexity index is 161. The van der Waals surface area contributed by atoms with Gasteiger partial charge in [0.1, 0.15) is 17.8 Å². The predicted molar refractivity (Wildman–Crippen MR) is 42.7 cm³/mol. The molecule has 1 heterocycles. The van der Waals surface area contributed by atoms with Crippen LogP contribution in [-0.4, -0.2) is 45.8 Å². The summed E-state index contributed by atoms with van der Waals surface area (Å²) in [5, 5.41) is 28.2. The van der Waals surface area contributed by atoms with Gasteiger partial charge in [-0.3, -0.25) is 0 Å². The number of rotatable bonds is 2. The summed E-state index contributed by atoms with van der Waals surface area (Å²) in [5.74, 6) is 0. The second kappa shape index (κ2) is 3.30. The SMILES string of the molecule is CCC1(O)[C@H](C)O[C@H](CO)[C@@H]1O. The van der Waals surface area contributed by atoms with Crippen LogP contribution in [0.25, 0.3) is 0 Å². The van der Waals surface area contributed by atoms with Gasteiger partial charge in [-0.2, -0.15) is 0 Å². The molecule has 1 fully saturated rings. The van der Waals surface area contributed by atoms with Crippen LogP contribution >= 0.6 is 0 Å². The van der Waals surface area contributed by atoms with Crippen LogP contribution in [0.2, 0.25) is 0 Å². The molecule has 0 spiro atoms. The molecule has 12 heavy (non-hydrogen) atoms. The first kappa shape index (κ1) is 9.92. The van der Waals surface area contributed by atoms with Crippen LogP contribution in [0.5, 0.6) is 0 Å². The fourth-order valence-electron chi connectivity index (χ4n) is 1.66. The van der Waals surface area contributed by atoms with Crippen molar-refractivity contribution in [3.63, 3.8) is 0 Å². The van der Waals surface area contributed by atoms with Gasteiger partial charge in [0.15, 0.2) is 0 Å². The lowest BCUT2D eigenvalue weighted by Gasteiger charge is -2.27. The predicted octanol–water partition coefficient (Wildman–Crippen LogP) is -0.732. The van der Waals surface area contributed by atoms with Gasteiger partial charge < -0.3 is 20.1 Å². The van der Waals surface area contributed by atoms with Crippen molar-refractivity contribution >= 4 is 0 Å². The zero-order valence-electron chi connectivity index (χ0n) is 7.40. The molecular weight excluding hydrogens is 160 g/mol. The van der Waals surface area contributed by atoms with Crippen molar-refractivity contribution in [3.8, 4) is 0 Å². The summed E-state index contributed by atoms with van der Waals surface area (Å²) in [7, 11) is 0. The zero-order chi connectivity index (χ0) is 9.35. The molecule has 1 unspecified atom stereocenters. The van der Waals surface area contributed by atoms with Crippen molar-refractivity contribution in [1.29, 1.82) is 0 Å². The van der Waals surface area contributed by atoms with E-state index < -0.39 is 23.9 Å². The van der Waals surface area contributed by atoms with E-state index in [1.54, 1.807) is 13.8 Å². The summed E-state index contributed by atoms with van der Waals surface area (Å²) < 4.78 is 5.18. The first-order valence-electron chi connectivity index (χ1n) is 4.23. The maximum absolute atomic E-state index is 9.85. The normalized spacial score (nSPS) is 48.2. The van der Waals surface area contributed by atoms with Crippen LogP contribution in [0.3, 0.4) is 0 Å². The fraction of sp³-hybridized carbons (Fsp3) is 1.00. The number of ether oxygens (including phenoxy) is 1. The fourth-order valence-corrected chi connectivity index (χ4v) is 1.66. The van der Waals surface area contributed by atoms with Crippen LogP contribution in [0, 0.1) is 0 Å². The molecule has 1 rings (SSSR count). The van der Waals surface area contributed by atoms with Crippen molar-refractivity contribution in [3.05, 3.63) is 0 Å². The quantitative estimate of drug-likeness (QED) is 0.518. The Hall–Kier alpha value is -0.160. The van der Waals surface area contributed by atoms with Gasteiger partial charge >= 0.3 is 0 Å². The van der Waals surface area contributed by atoms with Gasteiger partial charge in [0, 0.05) is 0 Å². The van der Waals surface area contributed by atoms with E-state index in [1.807, 2.05) is 0 Å². The third-order valence-electron chi connectivity index (χ3n) is 2.69. The third-order valence-corrected chi connectivity index (χ3v) is 2.69. The van der Waals surface area contributed by atoms with Gasteiger partial charge in [-0.15, -0.1) is 0 Å². The standard InChI is InChI=1S/C8H16O4/c1-3-8(11)5(2)12-6(4-9)7(8)10/h5-7,9-11H,3-4H2,1-2H3/t5-,6+,7-,8?/m0/s1. The lowest BCUT2D eigenvalue weighted by atomic mass is 9.89. The van der Waals surface area contributed by atoms with Crippen LogP contribution < -0.4 is 0 Å². The molecule has 4 heteroatoms. The van der Waals surface area contributed by atoms with E-state index in [1.165, 1.54) is 0 Å². The molecule has 0 radical (unpaired) electrons. The van der Waals surface area contributed by atoms with E-state index in [4.69, 9.17) is 9.84 Å². The molecule has 0 saturated carbocycles. The highest BCUT2D eigenvalue weighted by molar-refractivity contribution is 5.00. The van der Waals surface area contributed by atoms with Crippen LogP contribution in [0.1, 0.15) is 20.3 Å². The van der Waals surface area contributed by atoms with Gasteiger partial charge in [0.2, 0.25) is 0 Å². The van der Waals surface area contributed by atoms with Gasteiger partial charge in [-0.1, -0.05) is 6.92 Å². The molecule has 0 aromatic rings. The average molecular weight is 176 g/mol. The number of hydrogen-bond donors (Lipinski definition) is 3. The minimum absolute atomic E-state index is 0.256. The monoisotopic (exact) mass is 176 g/mol. The smallest absolute Gasteiger partial charge is 0.119 e. The topological polar surface area (TPSA) is 69.9 Å². The third kappa shape index (κ3) is 1.25. The molecule has 0 amide bonds. The Morgan fingerprint density at radius 3 is 2.33 bits per heavy atom. The van der Waals surface area contributed by atoms with Crippen LogP contribution in [0.4, 0.5) is 0 Å². The van der Waals surface area contributed by atoms with Crippen molar-refractivity contribution in [2.24, 2.45) is 0 Å². The first-order valence-corrected chi connectivity index (χ1v) is 4.23. The molecule has 1 aliphatic heterocycles. The van der Waals surface area contributed by atoms with E-state index in [2.05, 4.69) is 0 Å². The van der Waals surface area contributed by atoms with Crippen molar-refractivity contribution in [2.45, 2.75) is 44.2 Å². The van der Waals surface area contributed by atoms with Crippen LogP contribution in [0.15, 0.2) is 0 Å². The average Bonchev–Trinajstić information content (AvgIpc) is 2.30. The lowest BCUT2D eigenvalue weighted by Crippen LogP contribution is -2.47. The highest BCUT2D eigenvalue weighted by atomic mass is 16.6. The Balaban J connectivity index is 2.76. The molecule has 0 aliphatic carbocycles. The van der Waals surface area contributed by atoms with E-state index in [9.17, 15) is 10.2 Å². The second-order valence-electron chi connectivity index (χ2n) is 3.29. The highest BCUT2D eigenvalue weighted by Crippen LogP contribution is 2.33. The minimum Gasteiger partial charge on any atom is -0.394 e. The highest BCUT2D eigenvalue weighted by Gasteiger charge is 2.51. The molecule has 4 atom stereocenters. The summed E-state index contributed by atoms with van der Waals surface area (Å²) in [6.07, 6.45) is -1.63. The Labute approximate surface area is 71.8 Å². The lowest BCUT2D eigenvalue weighted by molar-refractivity contribution is -0.0743. The molecule has 1 saturated heterocycles.